The summed E-state index contributed by atoms with van der Waals surface area (Å²) < 4.78 is 1.41. The summed E-state index contributed by atoms with van der Waals surface area (Å²) in [7, 11) is 0. The first-order valence-electron chi connectivity index (χ1n) is 3.96. The summed E-state index contributed by atoms with van der Waals surface area (Å²) in [6, 6.07) is 1.20. The number of Topliss-reactive ketones (excluding diaryl/α,β-unsaturated/α-hetero) is 1. The minimum absolute atomic E-state index is 0.190. The van der Waals surface area contributed by atoms with Gasteiger partial charge in [0.1, 0.15) is 10.7 Å². The lowest BCUT2D eigenvalue weighted by atomic mass is 10.3. The smallest absolute Gasteiger partial charge is 0.274 e. The molecule has 0 radical (unpaired) electrons. The van der Waals surface area contributed by atoms with E-state index >= 15 is 0 Å². The van der Waals surface area contributed by atoms with Gasteiger partial charge in [0.25, 0.3) is 5.56 Å². The van der Waals surface area contributed by atoms with Gasteiger partial charge in [0.2, 0.25) is 4.96 Å². The molecule has 0 spiro atoms. The third-order valence-corrected chi connectivity index (χ3v) is 2.54. The summed E-state index contributed by atoms with van der Waals surface area (Å²) in [6.45, 7) is 3.20. The Hall–Kier alpha value is -1.56. The Labute approximate surface area is 83.0 Å². The van der Waals surface area contributed by atoms with Crippen LogP contribution < -0.4 is 5.56 Å². The van der Waals surface area contributed by atoms with E-state index in [1.165, 1.54) is 28.8 Å². The van der Waals surface area contributed by atoms with Crippen LogP contribution in [0.4, 0.5) is 0 Å². The average Bonchev–Trinajstić information content (AvgIpc) is 2.42. The second-order valence-electron chi connectivity index (χ2n) is 2.85. The van der Waals surface area contributed by atoms with Crippen LogP contribution in [0.15, 0.2) is 10.9 Å². The molecule has 5 nitrogen and oxygen atoms in total. The molecule has 0 aromatic carbocycles. The maximum absolute atomic E-state index is 11.2. The Kier molecular flexibility index (Phi) is 1.92. The van der Waals surface area contributed by atoms with E-state index in [4.69, 9.17) is 0 Å². The van der Waals surface area contributed by atoms with Crippen LogP contribution in [-0.2, 0) is 0 Å². The molecule has 0 saturated heterocycles. The van der Waals surface area contributed by atoms with Crippen LogP contribution in [0.25, 0.3) is 4.96 Å². The Morgan fingerprint density at radius 2 is 2.29 bits per heavy atom. The van der Waals surface area contributed by atoms with Crippen molar-refractivity contribution in [2.24, 2.45) is 0 Å². The quantitative estimate of drug-likeness (QED) is 0.647. The molecule has 2 heterocycles. The van der Waals surface area contributed by atoms with E-state index in [1.807, 2.05) is 0 Å². The molecule has 2 aromatic heterocycles. The molecule has 0 atom stereocenters. The van der Waals surface area contributed by atoms with Gasteiger partial charge < -0.3 is 0 Å². The van der Waals surface area contributed by atoms with Gasteiger partial charge in [-0.15, -0.1) is 0 Å². The number of fused-ring (bicyclic) bond motifs is 1. The van der Waals surface area contributed by atoms with Crippen molar-refractivity contribution in [3.63, 3.8) is 0 Å². The van der Waals surface area contributed by atoms with Crippen LogP contribution in [-0.4, -0.2) is 20.4 Å². The highest BCUT2D eigenvalue weighted by Crippen LogP contribution is 2.11. The number of aryl methyl sites for hydroxylation is 1. The molecule has 0 aliphatic carbocycles. The summed E-state index contributed by atoms with van der Waals surface area (Å²) in [5.74, 6) is -0.190. The van der Waals surface area contributed by atoms with E-state index in [0.29, 0.717) is 4.96 Å². The fraction of sp³-hybridized carbons (Fsp3) is 0.250. The van der Waals surface area contributed by atoms with E-state index in [2.05, 4.69) is 10.1 Å². The average molecular weight is 209 g/mol. The number of nitrogens with zero attached hydrogens (tertiary/aromatic N) is 3. The molecule has 0 N–H and O–H groups in total. The van der Waals surface area contributed by atoms with Crippen LogP contribution in [0.2, 0.25) is 0 Å². The van der Waals surface area contributed by atoms with Crippen molar-refractivity contribution in [2.75, 3.05) is 0 Å². The largest absolute Gasteiger partial charge is 0.293 e. The predicted molar refractivity (Wildman–Crippen MR) is 51.9 cm³/mol. The predicted octanol–water partition coefficient (Wildman–Crippen LogP) is 0.662. The Morgan fingerprint density at radius 1 is 1.57 bits per heavy atom. The highest BCUT2D eigenvalue weighted by molar-refractivity contribution is 7.16. The fourth-order valence-corrected chi connectivity index (χ4v) is 1.91. The maximum atomic E-state index is 11.2. The van der Waals surface area contributed by atoms with Crippen molar-refractivity contribution in [3.05, 3.63) is 27.1 Å². The lowest BCUT2D eigenvalue weighted by Crippen LogP contribution is -2.14. The minimum Gasteiger partial charge on any atom is -0.293 e. The van der Waals surface area contributed by atoms with Gasteiger partial charge in [-0.3, -0.25) is 9.59 Å². The van der Waals surface area contributed by atoms with Crippen LogP contribution in [0, 0.1) is 6.92 Å². The monoisotopic (exact) mass is 209 g/mol. The molecule has 0 aliphatic heterocycles. The van der Waals surface area contributed by atoms with Gasteiger partial charge in [0.15, 0.2) is 5.78 Å². The third kappa shape index (κ3) is 1.33. The Morgan fingerprint density at radius 3 is 2.93 bits per heavy atom. The molecule has 0 aliphatic rings. The number of hydrogen-bond donors (Lipinski definition) is 0. The molecule has 14 heavy (non-hydrogen) atoms. The van der Waals surface area contributed by atoms with Gasteiger partial charge in [0.05, 0.1) is 0 Å². The number of carbonyl (C=O) groups is 1. The summed E-state index contributed by atoms with van der Waals surface area (Å²) in [5.41, 5.74) is -0.122. The summed E-state index contributed by atoms with van der Waals surface area (Å²) in [4.78, 5) is 26.5. The molecule has 6 heteroatoms. The van der Waals surface area contributed by atoms with Crippen LogP contribution in [0.5, 0.6) is 0 Å². The van der Waals surface area contributed by atoms with E-state index in [1.54, 1.807) is 6.92 Å². The summed E-state index contributed by atoms with van der Waals surface area (Å²) in [5, 5.41) is 4.86. The van der Waals surface area contributed by atoms with E-state index < -0.39 is 5.56 Å². The Bertz CT molecular complexity index is 569. The maximum Gasteiger partial charge on any atom is 0.274 e. The zero-order chi connectivity index (χ0) is 10.3. The van der Waals surface area contributed by atoms with Crippen LogP contribution in [0.3, 0.4) is 0 Å². The third-order valence-electron chi connectivity index (χ3n) is 1.72. The second-order valence-corrected chi connectivity index (χ2v) is 4.01. The molecule has 2 aromatic rings. The van der Waals surface area contributed by atoms with Gasteiger partial charge in [0, 0.05) is 13.0 Å². The van der Waals surface area contributed by atoms with E-state index in [9.17, 15) is 9.59 Å². The second kappa shape index (κ2) is 2.98. The van der Waals surface area contributed by atoms with Crippen molar-refractivity contribution in [3.8, 4) is 0 Å². The van der Waals surface area contributed by atoms with Gasteiger partial charge in [-0.25, -0.2) is 4.52 Å². The van der Waals surface area contributed by atoms with Crippen molar-refractivity contribution in [2.45, 2.75) is 13.8 Å². The number of rotatable bonds is 1. The molecule has 2 rings (SSSR count). The number of aromatic nitrogens is 3. The zero-order valence-corrected chi connectivity index (χ0v) is 8.46. The first-order chi connectivity index (χ1) is 6.58. The van der Waals surface area contributed by atoms with E-state index in [-0.39, 0.29) is 11.5 Å². The van der Waals surface area contributed by atoms with Gasteiger partial charge >= 0.3 is 0 Å². The highest BCUT2D eigenvalue weighted by atomic mass is 32.1. The van der Waals surface area contributed by atoms with Gasteiger partial charge in [-0.05, 0) is 6.92 Å². The molecule has 0 bridgehead atoms. The van der Waals surface area contributed by atoms with Crippen molar-refractivity contribution in [1.82, 2.24) is 14.6 Å². The number of carbonyl (C=O) groups excluding carboxylic acids is 1. The van der Waals surface area contributed by atoms with Crippen LogP contribution >= 0.6 is 11.3 Å². The zero-order valence-electron chi connectivity index (χ0n) is 7.64. The normalized spacial score (nSPS) is 10.7. The molecular formula is C8H7N3O2S. The first kappa shape index (κ1) is 9.01. The minimum atomic E-state index is -0.404. The lowest BCUT2D eigenvalue weighted by Gasteiger charge is -1.96. The first-order valence-corrected chi connectivity index (χ1v) is 4.78. The lowest BCUT2D eigenvalue weighted by molar-refractivity contribution is 0.101. The molecule has 0 amide bonds. The topological polar surface area (TPSA) is 64.3 Å². The molecule has 0 fully saturated rings. The summed E-state index contributed by atoms with van der Waals surface area (Å²) >= 11 is 1.29. The SMILES string of the molecule is CC(=O)c1cc(=O)nc2sc(C)nn12. The van der Waals surface area contributed by atoms with Crippen molar-refractivity contribution < 1.29 is 4.79 Å². The van der Waals surface area contributed by atoms with Crippen molar-refractivity contribution >= 4 is 22.1 Å². The highest BCUT2D eigenvalue weighted by Gasteiger charge is 2.10. The number of hydrogen-bond acceptors (Lipinski definition) is 5. The molecule has 72 valence electrons. The summed E-state index contributed by atoms with van der Waals surface area (Å²) in [6.07, 6.45) is 0. The van der Waals surface area contributed by atoms with Crippen molar-refractivity contribution in [1.29, 1.82) is 0 Å². The van der Waals surface area contributed by atoms with Gasteiger partial charge in [-0.1, -0.05) is 11.3 Å². The standard InChI is InChI=1S/C8H7N3O2S/c1-4(12)6-3-7(13)9-8-11(6)10-5(2)14-8/h3H,1-2H3. The number of ketones is 1. The van der Waals surface area contributed by atoms with E-state index in [0.717, 1.165) is 5.01 Å². The molecule has 0 unspecified atom stereocenters. The Balaban J connectivity index is 2.93. The molecular weight excluding hydrogens is 202 g/mol. The molecule has 0 saturated carbocycles. The fourth-order valence-electron chi connectivity index (χ4n) is 1.16. The van der Waals surface area contributed by atoms with Crippen LogP contribution in [0.1, 0.15) is 22.4 Å². The van der Waals surface area contributed by atoms with Gasteiger partial charge in [-0.2, -0.15) is 10.1 Å².